The molecule has 2 aliphatic rings. The molecule has 2 aliphatic carbocycles. The summed E-state index contributed by atoms with van der Waals surface area (Å²) in [4.78, 5) is 0. The largest absolute Gasteiger partial charge is 4.00 e. The van der Waals surface area contributed by atoms with Crippen LogP contribution in [0.5, 0.6) is 0 Å². The van der Waals surface area contributed by atoms with E-state index in [9.17, 15) is 17.6 Å². The summed E-state index contributed by atoms with van der Waals surface area (Å²) < 4.78 is 69.0. The molecule has 0 radical (unpaired) electrons. The first-order chi connectivity index (χ1) is 23.9. The van der Waals surface area contributed by atoms with E-state index < -0.39 is 23.3 Å². The second-order valence-corrected chi connectivity index (χ2v) is 11.7. The van der Waals surface area contributed by atoms with Crippen molar-refractivity contribution in [3.05, 3.63) is 153 Å². The number of ether oxygens (including phenoxy) is 2. The van der Waals surface area contributed by atoms with Crippen molar-refractivity contribution in [1.29, 1.82) is 0 Å². The van der Waals surface area contributed by atoms with E-state index in [0.29, 0.717) is 48.9 Å². The van der Waals surface area contributed by atoms with Gasteiger partial charge in [-0.1, -0.05) is 13.8 Å². The number of hydrogen-bond donors (Lipinski definition) is 0. The van der Waals surface area contributed by atoms with Crippen LogP contribution in [0.4, 0.5) is 17.6 Å². The molecule has 0 unspecified atom stereocenters. The number of nitrogens with zero attached hydrogens (tertiary/aromatic N) is 2. The topological polar surface area (TPSA) is 28.3 Å². The average Bonchev–Trinajstić information content (AvgIpc) is 3.92. The Morgan fingerprint density at radius 1 is 0.588 bits per heavy atom. The maximum absolute atomic E-state index is 14.0. The van der Waals surface area contributed by atoms with E-state index >= 15 is 0 Å². The van der Waals surface area contributed by atoms with E-state index in [2.05, 4.69) is 36.4 Å². The molecule has 51 heavy (non-hydrogen) atoms. The molecule has 0 atom stereocenters. The van der Waals surface area contributed by atoms with Crippen molar-refractivity contribution in [3.63, 3.8) is 0 Å². The van der Waals surface area contributed by atoms with Crippen molar-refractivity contribution in [2.24, 2.45) is 0 Å². The molecule has 0 bridgehead atoms. The molecule has 2 heterocycles. The van der Waals surface area contributed by atoms with Gasteiger partial charge in [0.25, 0.3) is 0 Å². The van der Waals surface area contributed by atoms with Gasteiger partial charge in [0, 0.05) is 59.3 Å². The first kappa shape index (κ1) is 43.5. The van der Waals surface area contributed by atoms with E-state index in [1.807, 2.05) is 78.0 Å². The van der Waals surface area contributed by atoms with Crippen LogP contribution in [-0.2, 0) is 44.4 Å². The Morgan fingerprint density at radius 3 is 1.24 bits per heavy atom. The monoisotopic (exact) mass is 734 g/mol. The predicted octanol–water partition coefficient (Wildman–Crippen LogP) is 10.6. The number of allylic oxidation sites excluding steroid dienone is 8. The van der Waals surface area contributed by atoms with Crippen LogP contribution in [0.3, 0.4) is 0 Å². The normalized spacial score (nSPS) is 12.2. The molecule has 9 heteroatoms. The van der Waals surface area contributed by atoms with E-state index in [1.165, 1.54) is 12.1 Å². The first-order valence-corrected chi connectivity index (χ1v) is 16.6. The third-order valence-electron chi connectivity index (χ3n) is 7.94. The number of aromatic nitrogens is 2. The molecular formula is C42H46F4N2O2Ti. The molecule has 0 amide bonds. The van der Waals surface area contributed by atoms with Gasteiger partial charge in [-0.25, -0.2) is 41.9 Å². The van der Waals surface area contributed by atoms with Gasteiger partial charge in [-0.05, 0) is 76.2 Å². The number of hydrogen-bond acceptors (Lipinski definition) is 2. The van der Waals surface area contributed by atoms with Crippen molar-refractivity contribution in [3.8, 4) is 11.4 Å². The standard InChI is InChI=1S/2C16H18F2NO.2C5H5.Ti/c2*1-5-20-9-13-7-11(3)19(12(13)4)16-6-10(2)14(17)8-15(16)18;2*1-2-4-5-3-1;/h2*6-7H,5,9H2,1-4H3;2*1-3H,4H2;/q4*-1;+4. The van der Waals surface area contributed by atoms with Gasteiger partial charge >= 0.3 is 21.7 Å². The zero-order valence-corrected chi connectivity index (χ0v) is 32.3. The number of halogens is 4. The Bertz CT molecular complexity index is 1700. The summed E-state index contributed by atoms with van der Waals surface area (Å²) >= 11 is 0. The van der Waals surface area contributed by atoms with Crippen LogP contribution >= 0.6 is 0 Å². The molecule has 0 N–H and O–H groups in total. The fourth-order valence-electron chi connectivity index (χ4n) is 5.30. The van der Waals surface area contributed by atoms with Crippen molar-refractivity contribution in [1.82, 2.24) is 9.13 Å². The summed E-state index contributed by atoms with van der Waals surface area (Å²) in [7, 11) is 0. The van der Waals surface area contributed by atoms with Gasteiger partial charge < -0.3 is 18.6 Å². The number of benzene rings is 2. The molecule has 4 aromatic rings. The smallest absolute Gasteiger partial charge is 0.377 e. The van der Waals surface area contributed by atoms with Crippen LogP contribution in [-0.4, -0.2) is 22.3 Å². The molecule has 4 nitrogen and oxygen atoms in total. The summed E-state index contributed by atoms with van der Waals surface area (Å²) in [5, 5.41) is 0. The Morgan fingerprint density at radius 2 is 0.961 bits per heavy atom. The molecule has 0 fully saturated rings. The van der Waals surface area contributed by atoms with Gasteiger partial charge in [0.05, 0.1) is 13.2 Å². The first-order valence-electron chi connectivity index (χ1n) is 16.6. The summed E-state index contributed by atoms with van der Waals surface area (Å²) in [6.07, 6.45) is 20.0. The van der Waals surface area contributed by atoms with Gasteiger partial charge in [-0.3, -0.25) is 12.2 Å². The number of aryl methyl sites for hydroxylation is 4. The minimum atomic E-state index is -0.683. The molecule has 0 aliphatic heterocycles. The van der Waals surface area contributed by atoms with Crippen LogP contribution in [0.1, 0.15) is 71.7 Å². The van der Waals surface area contributed by atoms with Crippen molar-refractivity contribution < 1.29 is 48.8 Å². The zero-order chi connectivity index (χ0) is 36.8. The van der Waals surface area contributed by atoms with Crippen LogP contribution in [0.25, 0.3) is 11.4 Å². The van der Waals surface area contributed by atoms with E-state index in [1.54, 1.807) is 23.0 Å². The second-order valence-electron chi connectivity index (χ2n) is 11.7. The van der Waals surface area contributed by atoms with Gasteiger partial charge in [0.1, 0.15) is 0 Å². The molecule has 0 saturated heterocycles. The quantitative estimate of drug-likeness (QED) is 0.102. The van der Waals surface area contributed by atoms with Crippen LogP contribution in [0, 0.1) is 89.1 Å². The zero-order valence-electron chi connectivity index (χ0n) is 30.7. The molecule has 2 aromatic heterocycles. The Labute approximate surface area is 316 Å². The van der Waals surface area contributed by atoms with E-state index in [4.69, 9.17) is 9.47 Å². The van der Waals surface area contributed by atoms with Gasteiger partial charge in [0.2, 0.25) is 0 Å². The average molecular weight is 735 g/mol. The molecule has 2 aromatic carbocycles. The van der Waals surface area contributed by atoms with Gasteiger partial charge in [0.15, 0.2) is 0 Å². The molecule has 0 spiro atoms. The Hall–Kier alpha value is -3.69. The maximum Gasteiger partial charge on any atom is 4.00 e. The molecular weight excluding hydrogens is 688 g/mol. The van der Waals surface area contributed by atoms with Gasteiger partial charge in [-0.15, -0.1) is 48.2 Å². The molecule has 6 rings (SSSR count). The predicted molar refractivity (Wildman–Crippen MR) is 191 cm³/mol. The minimum absolute atomic E-state index is 0. The SMILES string of the molecule is CCOCc1cc(C)n(-c2cc(C)c(F)[c-]c2F)c1C.CCOCc1cc(C)n(-c2cc(C)c(F)[c-]c2F)c1C.[C-]1=CC=CC1.[C-]1=CC=CC1.[Ti+4]. The minimum Gasteiger partial charge on any atom is -0.377 e. The van der Waals surface area contributed by atoms with Crippen LogP contribution in [0.15, 0.2) is 60.7 Å². The van der Waals surface area contributed by atoms with Crippen molar-refractivity contribution >= 4 is 0 Å². The van der Waals surface area contributed by atoms with Gasteiger partial charge in [-0.2, -0.15) is 12.2 Å². The maximum atomic E-state index is 14.0. The van der Waals surface area contributed by atoms with Crippen molar-refractivity contribution in [2.45, 2.75) is 81.4 Å². The third-order valence-corrected chi connectivity index (χ3v) is 7.94. The van der Waals surface area contributed by atoms with Crippen LogP contribution < -0.4 is 0 Å². The number of rotatable bonds is 8. The second kappa shape index (κ2) is 21.6. The van der Waals surface area contributed by atoms with E-state index in [-0.39, 0.29) is 21.7 Å². The Kier molecular flexibility index (Phi) is 18.4. The summed E-state index contributed by atoms with van der Waals surface area (Å²) in [5.74, 6) is -2.66. The fourth-order valence-corrected chi connectivity index (χ4v) is 5.30. The van der Waals surface area contributed by atoms with Crippen molar-refractivity contribution in [2.75, 3.05) is 13.2 Å². The molecule has 268 valence electrons. The summed E-state index contributed by atoms with van der Waals surface area (Å²) in [6, 6.07) is 11.2. The van der Waals surface area contributed by atoms with E-state index in [0.717, 1.165) is 46.7 Å². The molecule has 0 saturated carbocycles. The summed E-state index contributed by atoms with van der Waals surface area (Å²) in [5.41, 5.74) is 6.97. The van der Waals surface area contributed by atoms with Crippen LogP contribution in [0.2, 0.25) is 0 Å². The fraction of sp³-hybridized carbons (Fsp3) is 0.333. The Balaban J connectivity index is 0.000000273. The third kappa shape index (κ3) is 12.2. The summed E-state index contributed by atoms with van der Waals surface area (Å²) in [6.45, 7) is 16.9.